The zero-order chi connectivity index (χ0) is 16.6. The van der Waals surface area contributed by atoms with Gasteiger partial charge in [0.2, 0.25) is 0 Å². The van der Waals surface area contributed by atoms with Crippen molar-refractivity contribution in [3.05, 3.63) is 0 Å². The van der Waals surface area contributed by atoms with Crippen LogP contribution in [0.2, 0.25) is 0 Å². The Labute approximate surface area is 134 Å². The number of ether oxygens (including phenoxy) is 2. The van der Waals surface area contributed by atoms with Gasteiger partial charge in [-0.05, 0) is 58.8 Å². The SMILES string of the molecule is CCC(CC[C@@H]1CCC[C@H](OCC=O)C1)C(=O)OC(C)(C)C. The summed E-state index contributed by atoms with van der Waals surface area (Å²) in [6, 6.07) is 0. The van der Waals surface area contributed by atoms with Crippen LogP contribution < -0.4 is 0 Å². The lowest BCUT2D eigenvalue weighted by Crippen LogP contribution is -2.29. The number of rotatable bonds is 8. The summed E-state index contributed by atoms with van der Waals surface area (Å²) in [6.07, 6.45) is 8.20. The van der Waals surface area contributed by atoms with Crippen LogP contribution in [0.1, 0.15) is 72.6 Å². The Morgan fingerprint density at radius 1 is 1.32 bits per heavy atom. The molecular formula is C18H32O4. The molecule has 3 atom stereocenters. The highest BCUT2D eigenvalue weighted by Gasteiger charge is 2.27. The minimum absolute atomic E-state index is 0.00417. The molecule has 0 aliphatic heterocycles. The molecule has 22 heavy (non-hydrogen) atoms. The van der Waals surface area contributed by atoms with Crippen LogP contribution >= 0.6 is 0 Å². The van der Waals surface area contributed by atoms with Crippen molar-refractivity contribution in [2.45, 2.75) is 84.3 Å². The zero-order valence-electron chi connectivity index (χ0n) is 14.6. The second-order valence-corrected chi connectivity index (χ2v) is 7.37. The highest BCUT2D eigenvalue weighted by atomic mass is 16.6. The Balaban J connectivity index is 2.38. The lowest BCUT2D eigenvalue weighted by atomic mass is 9.82. The van der Waals surface area contributed by atoms with Gasteiger partial charge in [0.05, 0.1) is 12.0 Å². The van der Waals surface area contributed by atoms with Gasteiger partial charge < -0.3 is 14.3 Å². The predicted molar refractivity (Wildman–Crippen MR) is 86.6 cm³/mol. The summed E-state index contributed by atoms with van der Waals surface area (Å²) < 4.78 is 11.1. The summed E-state index contributed by atoms with van der Waals surface area (Å²) in [5.41, 5.74) is -0.414. The molecule has 1 rings (SSSR count). The second-order valence-electron chi connectivity index (χ2n) is 7.37. The Bertz CT molecular complexity index is 345. The van der Waals surface area contributed by atoms with Crippen molar-refractivity contribution >= 4 is 12.3 Å². The van der Waals surface area contributed by atoms with Gasteiger partial charge in [0.1, 0.15) is 18.5 Å². The Morgan fingerprint density at radius 3 is 2.64 bits per heavy atom. The van der Waals surface area contributed by atoms with Gasteiger partial charge in [0.15, 0.2) is 0 Å². The molecule has 0 saturated heterocycles. The van der Waals surface area contributed by atoms with Gasteiger partial charge in [-0.3, -0.25) is 4.79 Å². The van der Waals surface area contributed by atoms with Crippen molar-refractivity contribution in [1.29, 1.82) is 0 Å². The van der Waals surface area contributed by atoms with E-state index < -0.39 is 5.60 Å². The number of carbonyl (C=O) groups excluding carboxylic acids is 2. The van der Waals surface area contributed by atoms with Crippen LogP contribution in [0.25, 0.3) is 0 Å². The third-order valence-electron chi connectivity index (χ3n) is 4.29. The quantitative estimate of drug-likeness (QED) is 0.504. The molecule has 0 radical (unpaired) electrons. The van der Waals surface area contributed by atoms with Gasteiger partial charge in [-0.25, -0.2) is 0 Å². The first-order valence-corrected chi connectivity index (χ1v) is 8.63. The van der Waals surface area contributed by atoms with Crippen molar-refractivity contribution in [3.63, 3.8) is 0 Å². The van der Waals surface area contributed by atoms with Gasteiger partial charge in [-0.2, -0.15) is 0 Å². The summed E-state index contributed by atoms with van der Waals surface area (Å²) in [6.45, 7) is 7.98. The molecule has 0 bridgehead atoms. The van der Waals surface area contributed by atoms with E-state index in [1.807, 2.05) is 27.7 Å². The summed E-state index contributed by atoms with van der Waals surface area (Å²) >= 11 is 0. The summed E-state index contributed by atoms with van der Waals surface area (Å²) in [5.74, 6) is 0.525. The van der Waals surface area contributed by atoms with E-state index in [0.717, 1.165) is 44.8 Å². The zero-order valence-corrected chi connectivity index (χ0v) is 14.6. The minimum atomic E-state index is -0.414. The molecular weight excluding hydrogens is 280 g/mol. The van der Waals surface area contributed by atoms with Crippen molar-refractivity contribution < 1.29 is 19.1 Å². The van der Waals surface area contributed by atoms with E-state index in [9.17, 15) is 9.59 Å². The van der Waals surface area contributed by atoms with E-state index in [1.54, 1.807) is 0 Å². The number of esters is 1. The van der Waals surface area contributed by atoms with Crippen LogP contribution in [0.15, 0.2) is 0 Å². The van der Waals surface area contributed by atoms with Crippen LogP contribution in [0, 0.1) is 11.8 Å². The van der Waals surface area contributed by atoms with E-state index in [1.165, 1.54) is 6.42 Å². The molecule has 1 saturated carbocycles. The molecule has 0 spiro atoms. The largest absolute Gasteiger partial charge is 0.460 e. The molecule has 128 valence electrons. The van der Waals surface area contributed by atoms with E-state index in [0.29, 0.717) is 5.92 Å². The van der Waals surface area contributed by atoms with E-state index in [4.69, 9.17) is 9.47 Å². The van der Waals surface area contributed by atoms with E-state index in [2.05, 4.69) is 0 Å². The first-order valence-electron chi connectivity index (χ1n) is 8.63. The Hall–Kier alpha value is -0.900. The predicted octanol–water partition coefficient (Wildman–Crippen LogP) is 3.91. The monoisotopic (exact) mass is 312 g/mol. The van der Waals surface area contributed by atoms with Gasteiger partial charge in [0, 0.05) is 0 Å². The van der Waals surface area contributed by atoms with Crippen LogP contribution in [0.3, 0.4) is 0 Å². The third-order valence-corrected chi connectivity index (χ3v) is 4.29. The number of hydrogen-bond donors (Lipinski definition) is 0. The molecule has 1 unspecified atom stereocenters. The van der Waals surface area contributed by atoms with Crippen LogP contribution in [0.5, 0.6) is 0 Å². The minimum Gasteiger partial charge on any atom is -0.460 e. The van der Waals surface area contributed by atoms with Crippen LogP contribution in [-0.2, 0) is 19.1 Å². The standard InChI is InChI=1S/C18H32O4/c1-5-15(17(20)22-18(2,3)4)10-9-14-7-6-8-16(13-14)21-12-11-19/h11,14-16H,5-10,12-13H2,1-4H3/t14-,15?,16-/m0/s1. The maximum Gasteiger partial charge on any atom is 0.309 e. The fourth-order valence-corrected chi connectivity index (χ4v) is 3.14. The van der Waals surface area contributed by atoms with Crippen molar-refractivity contribution in [3.8, 4) is 0 Å². The van der Waals surface area contributed by atoms with Crippen molar-refractivity contribution in [2.24, 2.45) is 11.8 Å². The molecule has 4 heteroatoms. The van der Waals surface area contributed by atoms with E-state index >= 15 is 0 Å². The average Bonchev–Trinajstić information content (AvgIpc) is 2.44. The summed E-state index contributed by atoms with van der Waals surface area (Å²) in [5, 5.41) is 0. The lowest BCUT2D eigenvalue weighted by Gasteiger charge is -2.30. The molecule has 1 aliphatic rings. The van der Waals surface area contributed by atoms with Gasteiger partial charge in [0.25, 0.3) is 0 Å². The van der Waals surface area contributed by atoms with Gasteiger partial charge >= 0.3 is 5.97 Å². The normalized spacial score (nSPS) is 23.8. The van der Waals surface area contributed by atoms with Gasteiger partial charge in [-0.15, -0.1) is 0 Å². The molecule has 4 nitrogen and oxygen atoms in total. The number of hydrogen-bond acceptors (Lipinski definition) is 4. The Morgan fingerprint density at radius 2 is 2.05 bits per heavy atom. The van der Waals surface area contributed by atoms with Crippen LogP contribution in [-0.4, -0.2) is 30.6 Å². The molecule has 0 aromatic rings. The van der Waals surface area contributed by atoms with Crippen molar-refractivity contribution in [2.75, 3.05) is 6.61 Å². The van der Waals surface area contributed by atoms with Gasteiger partial charge in [-0.1, -0.05) is 19.8 Å². The molecule has 1 fully saturated rings. The highest BCUT2D eigenvalue weighted by molar-refractivity contribution is 5.72. The maximum atomic E-state index is 12.2. The average molecular weight is 312 g/mol. The highest BCUT2D eigenvalue weighted by Crippen LogP contribution is 2.31. The van der Waals surface area contributed by atoms with Crippen LogP contribution in [0.4, 0.5) is 0 Å². The fourth-order valence-electron chi connectivity index (χ4n) is 3.14. The smallest absolute Gasteiger partial charge is 0.309 e. The molecule has 0 heterocycles. The van der Waals surface area contributed by atoms with Crippen molar-refractivity contribution in [1.82, 2.24) is 0 Å². The maximum absolute atomic E-state index is 12.2. The fraction of sp³-hybridized carbons (Fsp3) is 0.889. The topological polar surface area (TPSA) is 52.6 Å². The first kappa shape index (κ1) is 19.1. The molecule has 0 N–H and O–H groups in total. The van der Waals surface area contributed by atoms with E-state index in [-0.39, 0.29) is 24.6 Å². The lowest BCUT2D eigenvalue weighted by molar-refractivity contribution is -0.160. The molecule has 1 aliphatic carbocycles. The third kappa shape index (κ3) is 7.39. The molecule has 0 aromatic heterocycles. The second kappa shape index (κ2) is 9.29. The molecule has 0 aromatic carbocycles. The molecule has 0 amide bonds. The first-order chi connectivity index (χ1) is 10.4. The summed E-state index contributed by atoms with van der Waals surface area (Å²) in [7, 11) is 0. The number of aldehydes is 1. The Kier molecular flexibility index (Phi) is 8.08. The number of carbonyl (C=O) groups is 2. The summed E-state index contributed by atoms with van der Waals surface area (Å²) in [4.78, 5) is 22.6.